The van der Waals surface area contributed by atoms with E-state index in [4.69, 9.17) is 46.4 Å². The lowest BCUT2D eigenvalue weighted by atomic mass is 10.4. The van der Waals surface area contributed by atoms with Gasteiger partial charge in [0.15, 0.2) is 20.6 Å². The number of nitrogens with zero attached hydrogens (tertiary/aromatic N) is 4. The zero-order chi connectivity index (χ0) is 12.4. The Bertz CT molecular complexity index is 512. The zero-order valence-corrected chi connectivity index (χ0v) is 11.0. The maximum absolute atomic E-state index is 5.83. The van der Waals surface area contributed by atoms with E-state index < -0.39 is 0 Å². The molecule has 2 rings (SSSR count). The molecule has 9 heteroatoms. The van der Waals surface area contributed by atoms with Gasteiger partial charge in [-0.05, 0) is 0 Å². The first-order valence-corrected chi connectivity index (χ1v) is 5.72. The van der Waals surface area contributed by atoms with E-state index in [0.29, 0.717) is 11.4 Å². The van der Waals surface area contributed by atoms with Gasteiger partial charge in [-0.3, -0.25) is 0 Å². The quantitative estimate of drug-likeness (QED) is 0.917. The molecule has 0 radical (unpaired) electrons. The van der Waals surface area contributed by atoms with Crippen LogP contribution in [0, 0.1) is 0 Å². The minimum absolute atomic E-state index is 0.151. The number of hydrogen-bond acceptors (Lipinski definition) is 5. The van der Waals surface area contributed by atoms with Crippen LogP contribution in [0.4, 0.5) is 11.4 Å². The molecule has 0 saturated carbocycles. The van der Waals surface area contributed by atoms with Crippen molar-refractivity contribution in [2.45, 2.75) is 0 Å². The standard InChI is InChI=1S/C8H3Cl4N5/c9-5-1-3(7(11)16-14-5)13-4-2-6(10)15-17-8(4)12/h1-2H,(H,13,14,15). The summed E-state index contributed by atoms with van der Waals surface area (Å²) in [7, 11) is 0. The van der Waals surface area contributed by atoms with Crippen LogP contribution in [0.25, 0.3) is 0 Å². The molecule has 17 heavy (non-hydrogen) atoms. The molecular weight excluding hydrogens is 308 g/mol. The second-order valence-electron chi connectivity index (χ2n) is 2.87. The van der Waals surface area contributed by atoms with Crippen LogP contribution in [0.15, 0.2) is 12.1 Å². The average molecular weight is 311 g/mol. The molecule has 88 valence electrons. The lowest BCUT2D eigenvalue weighted by Gasteiger charge is -2.08. The Labute approximate surface area is 116 Å². The highest BCUT2D eigenvalue weighted by molar-refractivity contribution is 6.35. The van der Waals surface area contributed by atoms with Gasteiger partial charge in [-0.15, -0.1) is 20.4 Å². The average Bonchev–Trinajstić information content (AvgIpc) is 2.28. The van der Waals surface area contributed by atoms with Gasteiger partial charge >= 0.3 is 0 Å². The maximum Gasteiger partial charge on any atom is 0.175 e. The first-order chi connectivity index (χ1) is 8.06. The van der Waals surface area contributed by atoms with E-state index in [2.05, 4.69) is 25.7 Å². The van der Waals surface area contributed by atoms with Gasteiger partial charge in [-0.25, -0.2) is 0 Å². The van der Waals surface area contributed by atoms with Gasteiger partial charge in [-0.2, -0.15) is 0 Å². The third-order valence-electron chi connectivity index (χ3n) is 1.71. The molecule has 0 bridgehead atoms. The lowest BCUT2D eigenvalue weighted by Crippen LogP contribution is -1.97. The summed E-state index contributed by atoms with van der Waals surface area (Å²) in [6.45, 7) is 0. The summed E-state index contributed by atoms with van der Waals surface area (Å²) in [4.78, 5) is 0. The molecule has 2 aromatic rings. The van der Waals surface area contributed by atoms with Crippen molar-refractivity contribution in [2.24, 2.45) is 0 Å². The number of nitrogens with one attached hydrogen (secondary N) is 1. The Kier molecular flexibility index (Phi) is 3.83. The normalized spacial score (nSPS) is 10.4. The Balaban J connectivity index is 2.37. The molecule has 5 nitrogen and oxygen atoms in total. The summed E-state index contributed by atoms with van der Waals surface area (Å²) in [6.07, 6.45) is 0. The second-order valence-corrected chi connectivity index (χ2v) is 4.36. The summed E-state index contributed by atoms with van der Waals surface area (Å²) in [5.41, 5.74) is 0.885. The van der Waals surface area contributed by atoms with Crippen molar-refractivity contribution >= 4 is 57.8 Å². The monoisotopic (exact) mass is 309 g/mol. The Hall–Kier alpha value is -0.880. The minimum Gasteiger partial charge on any atom is -0.350 e. The molecule has 2 aromatic heterocycles. The van der Waals surface area contributed by atoms with E-state index >= 15 is 0 Å². The van der Waals surface area contributed by atoms with Gasteiger partial charge in [0.05, 0.1) is 11.4 Å². The summed E-state index contributed by atoms with van der Waals surface area (Å²) in [5, 5.41) is 18.0. The largest absolute Gasteiger partial charge is 0.350 e. The predicted octanol–water partition coefficient (Wildman–Crippen LogP) is 3.62. The van der Waals surface area contributed by atoms with Crippen LogP contribution < -0.4 is 5.32 Å². The smallest absolute Gasteiger partial charge is 0.175 e. The highest BCUT2D eigenvalue weighted by Gasteiger charge is 2.09. The van der Waals surface area contributed by atoms with Crippen LogP contribution >= 0.6 is 46.4 Å². The number of rotatable bonds is 2. The topological polar surface area (TPSA) is 63.6 Å². The molecule has 1 N–H and O–H groups in total. The fourth-order valence-corrected chi connectivity index (χ4v) is 1.60. The second kappa shape index (κ2) is 5.18. The lowest BCUT2D eigenvalue weighted by molar-refractivity contribution is 1.02. The third kappa shape index (κ3) is 3.07. The van der Waals surface area contributed by atoms with E-state index in [1.807, 2.05) is 0 Å². The van der Waals surface area contributed by atoms with E-state index in [1.165, 1.54) is 12.1 Å². The van der Waals surface area contributed by atoms with Crippen molar-refractivity contribution in [3.63, 3.8) is 0 Å². The Morgan fingerprint density at radius 2 is 1.12 bits per heavy atom. The fraction of sp³-hybridized carbons (Fsp3) is 0. The van der Waals surface area contributed by atoms with E-state index in [0.717, 1.165) is 0 Å². The van der Waals surface area contributed by atoms with Crippen molar-refractivity contribution in [3.8, 4) is 0 Å². The highest BCUT2D eigenvalue weighted by atomic mass is 35.5. The van der Waals surface area contributed by atoms with Gasteiger partial charge in [-0.1, -0.05) is 46.4 Å². The third-order valence-corrected chi connectivity index (χ3v) is 2.64. The summed E-state index contributed by atoms with van der Waals surface area (Å²) >= 11 is 23.1. The van der Waals surface area contributed by atoms with Gasteiger partial charge in [0.2, 0.25) is 0 Å². The van der Waals surface area contributed by atoms with E-state index in [-0.39, 0.29) is 20.6 Å². The van der Waals surface area contributed by atoms with Gasteiger partial charge in [0, 0.05) is 12.1 Å². The zero-order valence-electron chi connectivity index (χ0n) is 7.96. The minimum atomic E-state index is 0.151. The van der Waals surface area contributed by atoms with Crippen LogP contribution in [0.5, 0.6) is 0 Å². The number of hydrogen-bond donors (Lipinski definition) is 1. The van der Waals surface area contributed by atoms with Crippen LogP contribution in [0.3, 0.4) is 0 Å². The van der Waals surface area contributed by atoms with Gasteiger partial charge in [0.1, 0.15) is 0 Å². The molecule has 0 atom stereocenters. The van der Waals surface area contributed by atoms with Crippen molar-refractivity contribution < 1.29 is 0 Å². The SMILES string of the molecule is Clc1cc(Nc2cc(Cl)nnc2Cl)c(Cl)nn1. The fourth-order valence-electron chi connectivity index (χ4n) is 1.03. The van der Waals surface area contributed by atoms with Gasteiger partial charge < -0.3 is 5.32 Å². The first-order valence-electron chi connectivity index (χ1n) is 4.21. The van der Waals surface area contributed by atoms with E-state index in [9.17, 15) is 0 Å². The van der Waals surface area contributed by atoms with Crippen molar-refractivity contribution in [3.05, 3.63) is 32.7 Å². The molecule has 0 aliphatic carbocycles. The van der Waals surface area contributed by atoms with Crippen LogP contribution in [-0.2, 0) is 0 Å². The molecule has 0 amide bonds. The highest BCUT2D eigenvalue weighted by Crippen LogP contribution is 2.29. The van der Waals surface area contributed by atoms with Gasteiger partial charge in [0.25, 0.3) is 0 Å². The van der Waals surface area contributed by atoms with Crippen LogP contribution in [0.2, 0.25) is 20.6 Å². The van der Waals surface area contributed by atoms with Crippen molar-refractivity contribution in [1.82, 2.24) is 20.4 Å². The number of aromatic nitrogens is 4. The van der Waals surface area contributed by atoms with E-state index in [1.54, 1.807) is 0 Å². The summed E-state index contributed by atoms with van der Waals surface area (Å²) in [5.74, 6) is 0. The molecule has 0 saturated heterocycles. The molecule has 2 heterocycles. The van der Waals surface area contributed by atoms with Crippen LogP contribution in [-0.4, -0.2) is 20.4 Å². The Morgan fingerprint density at radius 3 is 1.53 bits per heavy atom. The molecular formula is C8H3Cl4N5. The summed E-state index contributed by atoms with van der Waals surface area (Å²) < 4.78 is 0. The molecule has 0 unspecified atom stereocenters. The summed E-state index contributed by atoms with van der Waals surface area (Å²) in [6, 6.07) is 3.00. The molecule has 0 spiro atoms. The molecule has 0 aromatic carbocycles. The first kappa shape index (κ1) is 12.6. The molecule has 0 fully saturated rings. The van der Waals surface area contributed by atoms with Crippen molar-refractivity contribution in [1.29, 1.82) is 0 Å². The predicted molar refractivity (Wildman–Crippen MR) is 67.4 cm³/mol. The van der Waals surface area contributed by atoms with Crippen LogP contribution in [0.1, 0.15) is 0 Å². The van der Waals surface area contributed by atoms with Crippen molar-refractivity contribution in [2.75, 3.05) is 5.32 Å². The maximum atomic E-state index is 5.83. The number of anilines is 2. The number of halogens is 4. The molecule has 0 aliphatic rings. The Morgan fingerprint density at radius 1 is 0.706 bits per heavy atom. The molecule has 0 aliphatic heterocycles.